The summed E-state index contributed by atoms with van der Waals surface area (Å²) >= 11 is 0. The molecule has 14 heavy (non-hydrogen) atoms. The van der Waals surface area contributed by atoms with Crippen molar-refractivity contribution in [3.8, 4) is 0 Å². The third kappa shape index (κ3) is 1.35. The van der Waals surface area contributed by atoms with E-state index < -0.39 is 0 Å². The maximum absolute atomic E-state index is 11.4. The lowest BCUT2D eigenvalue weighted by Crippen LogP contribution is -2.11. The maximum atomic E-state index is 11.4. The van der Waals surface area contributed by atoms with Gasteiger partial charge in [0.05, 0.1) is 18.4 Å². The molecule has 74 valence electrons. The molecule has 0 spiro atoms. The zero-order valence-corrected chi connectivity index (χ0v) is 8.33. The second-order valence-corrected chi connectivity index (χ2v) is 3.58. The fraction of sp³-hybridized carbons (Fsp3) is 0.364. The molecule has 1 aromatic carbocycles. The maximum Gasteiger partial charge on any atom is 0.339 e. The van der Waals surface area contributed by atoms with Crippen molar-refractivity contribution in [2.75, 3.05) is 12.4 Å². The summed E-state index contributed by atoms with van der Waals surface area (Å²) in [5.41, 5.74) is 2.77. The highest BCUT2D eigenvalue weighted by atomic mass is 16.5. The predicted octanol–water partition coefficient (Wildman–Crippen LogP) is 1.83. The lowest BCUT2D eigenvalue weighted by Gasteiger charge is -2.07. The minimum atomic E-state index is -0.275. The SMILES string of the molecule is COC(=O)c1cccc2c1N[C@H](C)C2. The molecule has 1 N–H and O–H groups in total. The number of fused-ring (bicyclic) bond motifs is 1. The molecule has 1 heterocycles. The quantitative estimate of drug-likeness (QED) is 0.688. The molecule has 1 atom stereocenters. The molecule has 0 amide bonds. The summed E-state index contributed by atoms with van der Waals surface area (Å²) in [4.78, 5) is 11.4. The van der Waals surface area contributed by atoms with E-state index >= 15 is 0 Å². The standard InChI is InChI=1S/C11H13NO2/c1-7-6-8-4-3-5-9(10(8)12-7)11(13)14-2/h3-5,7,12H,6H2,1-2H3/t7-/m1/s1. The van der Waals surface area contributed by atoms with E-state index in [9.17, 15) is 4.79 Å². The van der Waals surface area contributed by atoms with E-state index in [1.807, 2.05) is 12.1 Å². The molecule has 3 heteroatoms. The van der Waals surface area contributed by atoms with Gasteiger partial charge in [0, 0.05) is 6.04 Å². The normalized spacial score (nSPS) is 18.6. The van der Waals surface area contributed by atoms with Crippen LogP contribution in [0.1, 0.15) is 22.8 Å². The average Bonchev–Trinajstić information content (AvgIpc) is 2.56. The van der Waals surface area contributed by atoms with Gasteiger partial charge in [-0.25, -0.2) is 4.79 Å². The van der Waals surface area contributed by atoms with Crippen molar-refractivity contribution in [3.63, 3.8) is 0 Å². The van der Waals surface area contributed by atoms with E-state index in [1.165, 1.54) is 12.7 Å². The number of hydrogen-bond donors (Lipinski definition) is 1. The number of rotatable bonds is 1. The minimum Gasteiger partial charge on any atom is -0.465 e. The van der Waals surface area contributed by atoms with Gasteiger partial charge in [-0.1, -0.05) is 12.1 Å². The van der Waals surface area contributed by atoms with Gasteiger partial charge in [0.15, 0.2) is 0 Å². The molecule has 0 fully saturated rings. The fourth-order valence-corrected chi connectivity index (χ4v) is 1.85. The molecule has 0 aromatic heterocycles. The van der Waals surface area contributed by atoms with Crippen LogP contribution in [-0.4, -0.2) is 19.1 Å². The van der Waals surface area contributed by atoms with E-state index in [4.69, 9.17) is 4.74 Å². The molecular formula is C11H13NO2. The van der Waals surface area contributed by atoms with Crippen LogP contribution in [0, 0.1) is 0 Å². The third-order valence-electron chi connectivity index (χ3n) is 2.47. The summed E-state index contributed by atoms with van der Waals surface area (Å²) in [6.07, 6.45) is 0.972. The van der Waals surface area contributed by atoms with Crippen molar-refractivity contribution in [2.24, 2.45) is 0 Å². The minimum absolute atomic E-state index is 0.275. The van der Waals surface area contributed by atoms with Gasteiger partial charge in [0.25, 0.3) is 0 Å². The molecule has 0 unspecified atom stereocenters. The number of carbonyl (C=O) groups excluding carboxylic acids is 1. The molecule has 2 rings (SSSR count). The number of ether oxygens (including phenoxy) is 1. The Morgan fingerprint density at radius 2 is 2.36 bits per heavy atom. The monoisotopic (exact) mass is 191 g/mol. The van der Waals surface area contributed by atoms with Gasteiger partial charge >= 0.3 is 5.97 Å². The highest BCUT2D eigenvalue weighted by molar-refractivity contribution is 5.97. The zero-order chi connectivity index (χ0) is 10.1. The van der Waals surface area contributed by atoms with E-state index in [0.29, 0.717) is 11.6 Å². The van der Waals surface area contributed by atoms with Crippen LogP contribution >= 0.6 is 0 Å². The summed E-state index contributed by atoms with van der Waals surface area (Å²) in [5, 5.41) is 3.28. The van der Waals surface area contributed by atoms with Crippen molar-refractivity contribution in [3.05, 3.63) is 29.3 Å². The molecule has 0 radical (unpaired) electrons. The molecule has 0 aliphatic carbocycles. The van der Waals surface area contributed by atoms with Gasteiger partial charge in [-0.3, -0.25) is 0 Å². The van der Waals surface area contributed by atoms with E-state index in [-0.39, 0.29) is 5.97 Å². The summed E-state index contributed by atoms with van der Waals surface area (Å²) < 4.78 is 4.72. The highest BCUT2D eigenvalue weighted by Crippen LogP contribution is 2.29. The Bertz CT molecular complexity index is 374. The molecule has 0 bridgehead atoms. The highest BCUT2D eigenvalue weighted by Gasteiger charge is 2.22. The number of anilines is 1. The average molecular weight is 191 g/mol. The van der Waals surface area contributed by atoms with E-state index in [1.54, 1.807) is 6.07 Å². The molecule has 1 aliphatic heterocycles. The van der Waals surface area contributed by atoms with Crippen molar-refractivity contribution >= 4 is 11.7 Å². The Morgan fingerprint density at radius 3 is 3.07 bits per heavy atom. The molecular weight excluding hydrogens is 178 g/mol. The largest absolute Gasteiger partial charge is 0.465 e. The third-order valence-corrected chi connectivity index (χ3v) is 2.47. The predicted molar refractivity (Wildman–Crippen MR) is 54.6 cm³/mol. The molecule has 0 saturated carbocycles. The van der Waals surface area contributed by atoms with Crippen LogP contribution in [0.25, 0.3) is 0 Å². The topological polar surface area (TPSA) is 38.3 Å². The Balaban J connectivity index is 2.44. The van der Waals surface area contributed by atoms with Crippen molar-refractivity contribution in [1.29, 1.82) is 0 Å². The number of hydrogen-bond acceptors (Lipinski definition) is 3. The molecule has 1 aromatic rings. The van der Waals surface area contributed by atoms with Crippen LogP contribution in [0.15, 0.2) is 18.2 Å². The number of methoxy groups -OCH3 is 1. The summed E-state index contributed by atoms with van der Waals surface area (Å²) in [6.45, 7) is 2.10. The summed E-state index contributed by atoms with van der Waals surface area (Å²) in [6, 6.07) is 6.12. The first-order valence-electron chi connectivity index (χ1n) is 4.69. The number of carbonyl (C=O) groups is 1. The molecule has 3 nitrogen and oxygen atoms in total. The van der Waals surface area contributed by atoms with Crippen LogP contribution in [-0.2, 0) is 11.2 Å². The van der Waals surface area contributed by atoms with Crippen molar-refractivity contribution < 1.29 is 9.53 Å². The van der Waals surface area contributed by atoms with E-state index in [0.717, 1.165) is 12.1 Å². The van der Waals surface area contributed by atoms with E-state index in [2.05, 4.69) is 12.2 Å². The first kappa shape index (κ1) is 9.06. The lowest BCUT2D eigenvalue weighted by atomic mass is 10.1. The zero-order valence-electron chi connectivity index (χ0n) is 8.33. The number of nitrogens with one attached hydrogen (secondary N) is 1. The van der Waals surface area contributed by atoms with Gasteiger partial charge in [-0.15, -0.1) is 0 Å². The number of benzene rings is 1. The Morgan fingerprint density at radius 1 is 1.57 bits per heavy atom. The van der Waals surface area contributed by atoms with Crippen LogP contribution in [0.3, 0.4) is 0 Å². The van der Waals surface area contributed by atoms with Gasteiger partial charge in [0.2, 0.25) is 0 Å². The van der Waals surface area contributed by atoms with Crippen LogP contribution < -0.4 is 5.32 Å². The van der Waals surface area contributed by atoms with Crippen molar-refractivity contribution in [2.45, 2.75) is 19.4 Å². The Hall–Kier alpha value is -1.51. The number of esters is 1. The Labute approximate surface area is 83.1 Å². The molecule has 1 aliphatic rings. The van der Waals surface area contributed by atoms with Gasteiger partial charge in [-0.05, 0) is 25.0 Å². The first-order chi connectivity index (χ1) is 6.72. The van der Waals surface area contributed by atoms with Crippen LogP contribution in [0.2, 0.25) is 0 Å². The smallest absolute Gasteiger partial charge is 0.339 e. The number of para-hydroxylation sites is 1. The summed E-state index contributed by atoms with van der Waals surface area (Å²) in [5.74, 6) is -0.275. The second kappa shape index (κ2) is 3.33. The molecule has 0 saturated heterocycles. The lowest BCUT2D eigenvalue weighted by molar-refractivity contribution is 0.0602. The van der Waals surface area contributed by atoms with Crippen molar-refractivity contribution in [1.82, 2.24) is 0 Å². The second-order valence-electron chi connectivity index (χ2n) is 3.58. The van der Waals surface area contributed by atoms with Gasteiger partial charge in [-0.2, -0.15) is 0 Å². The fourth-order valence-electron chi connectivity index (χ4n) is 1.85. The Kier molecular flexibility index (Phi) is 2.15. The van der Waals surface area contributed by atoms with Crippen LogP contribution in [0.4, 0.5) is 5.69 Å². The first-order valence-corrected chi connectivity index (χ1v) is 4.69. The van der Waals surface area contributed by atoms with Crippen LogP contribution in [0.5, 0.6) is 0 Å². The van der Waals surface area contributed by atoms with Gasteiger partial charge < -0.3 is 10.1 Å². The van der Waals surface area contributed by atoms with Gasteiger partial charge in [0.1, 0.15) is 0 Å². The summed E-state index contributed by atoms with van der Waals surface area (Å²) in [7, 11) is 1.40.